The molecule has 19 heteroatoms. The van der Waals surface area contributed by atoms with E-state index in [4.69, 9.17) is 14.2 Å². The van der Waals surface area contributed by atoms with Gasteiger partial charge in [-0.3, -0.25) is 28.8 Å². The van der Waals surface area contributed by atoms with E-state index in [-0.39, 0.29) is 57.2 Å². The fourth-order valence-electron chi connectivity index (χ4n) is 11.6. The van der Waals surface area contributed by atoms with Crippen molar-refractivity contribution in [1.82, 2.24) is 41.4 Å². The summed E-state index contributed by atoms with van der Waals surface area (Å²) in [5, 5.41) is 15.0. The molecule has 2 saturated heterocycles. The molecule has 7 atom stereocenters. The molecule has 8 rings (SSSR count). The number of hydrogen-bond donors (Lipinski definition) is 6. The maximum atomic E-state index is 14.8. The van der Waals surface area contributed by atoms with Crippen molar-refractivity contribution in [3.63, 3.8) is 0 Å². The zero-order valence-corrected chi connectivity index (χ0v) is 49.8. The predicted molar refractivity (Wildman–Crippen MR) is 318 cm³/mol. The monoisotopic (exact) mass is 1150 g/mol. The molecule has 3 heterocycles. The molecule has 6 N–H and O–H groups in total. The van der Waals surface area contributed by atoms with Gasteiger partial charge < -0.3 is 55.6 Å². The highest BCUT2D eigenvalue weighted by Crippen LogP contribution is 2.44. The molecule has 2 fully saturated rings. The second kappa shape index (κ2) is 27.1. The number of aromatic nitrogens is 1. The van der Waals surface area contributed by atoms with Gasteiger partial charge >= 0.3 is 12.1 Å². The van der Waals surface area contributed by atoms with Gasteiger partial charge in [0, 0.05) is 48.9 Å². The molecular formula is C65H82N8O11. The number of carbonyl (C=O) groups is 8. The van der Waals surface area contributed by atoms with Gasteiger partial charge in [-0.15, -0.1) is 0 Å². The SMILES string of the molecule is CC(C)C[C@H](NC(=O)[C@@H](NC(=O)[C@@H]1CCCN1C(=O)CNC(=O)[C@H](Cc1ccccc1)NC(=O)OCC1c2ccccc2-c2ccccc21)[C@@H](C)OC(C)(C)C)C(=O)N[C@@H](Cc1c[nH]c2ccccc12)C(=O)N1CCC[C@H]1C(=O)OC(C)(C)C. The number of ether oxygens (including phenoxy) is 3. The number of hydrogen-bond acceptors (Lipinski definition) is 11. The highest BCUT2D eigenvalue weighted by Gasteiger charge is 2.43. The lowest BCUT2D eigenvalue weighted by molar-refractivity contribution is -0.163. The molecule has 5 aromatic rings. The Hall–Kier alpha value is -8.06. The van der Waals surface area contributed by atoms with E-state index in [1.165, 1.54) is 9.80 Å². The van der Waals surface area contributed by atoms with Gasteiger partial charge in [-0.25, -0.2) is 9.59 Å². The van der Waals surface area contributed by atoms with Crippen molar-refractivity contribution in [2.24, 2.45) is 5.92 Å². The Kier molecular flexibility index (Phi) is 20.0. The Morgan fingerprint density at radius 3 is 1.89 bits per heavy atom. The maximum Gasteiger partial charge on any atom is 0.407 e. The first-order valence-electron chi connectivity index (χ1n) is 29.3. The number of nitrogens with zero attached hydrogens (tertiary/aromatic N) is 2. The zero-order chi connectivity index (χ0) is 60.5. The van der Waals surface area contributed by atoms with E-state index in [9.17, 15) is 38.4 Å². The topological polar surface area (TPSA) is 247 Å². The van der Waals surface area contributed by atoms with Crippen LogP contribution in [0.4, 0.5) is 4.79 Å². The van der Waals surface area contributed by atoms with Gasteiger partial charge in [0.15, 0.2) is 0 Å². The number of nitrogens with one attached hydrogen (secondary N) is 6. The van der Waals surface area contributed by atoms with Crippen molar-refractivity contribution in [2.75, 3.05) is 26.2 Å². The highest BCUT2D eigenvalue weighted by molar-refractivity contribution is 5.98. The molecule has 0 radical (unpaired) electrons. The molecule has 448 valence electrons. The molecule has 4 aromatic carbocycles. The summed E-state index contributed by atoms with van der Waals surface area (Å²) in [6.07, 6.45) is 2.00. The van der Waals surface area contributed by atoms with Crippen LogP contribution in [0.3, 0.4) is 0 Å². The summed E-state index contributed by atoms with van der Waals surface area (Å²) in [6.45, 7) is 16.1. The number of likely N-dealkylation sites (tertiary alicyclic amines) is 2. The first kappa shape index (κ1) is 62.0. The van der Waals surface area contributed by atoms with Crippen molar-refractivity contribution in [3.05, 3.63) is 132 Å². The van der Waals surface area contributed by atoms with Crippen molar-refractivity contribution in [3.8, 4) is 11.1 Å². The van der Waals surface area contributed by atoms with Gasteiger partial charge in [-0.2, -0.15) is 0 Å². The number of H-pyrrole nitrogens is 1. The third-order valence-electron chi connectivity index (χ3n) is 15.4. The quantitative estimate of drug-likeness (QED) is 0.0385. The Balaban J connectivity index is 0.941. The second-order valence-electron chi connectivity index (χ2n) is 24.6. The molecular weight excluding hydrogens is 1070 g/mol. The minimum Gasteiger partial charge on any atom is -0.458 e. The van der Waals surface area contributed by atoms with Crippen LogP contribution in [-0.4, -0.2) is 142 Å². The number of esters is 1. The average Bonchev–Trinajstić information content (AvgIpc) is 2.13. The largest absolute Gasteiger partial charge is 0.458 e. The molecule has 2 aliphatic heterocycles. The lowest BCUT2D eigenvalue weighted by Gasteiger charge is -2.34. The van der Waals surface area contributed by atoms with Gasteiger partial charge in [-0.05, 0) is 126 Å². The number of benzene rings is 4. The second-order valence-corrected chi connectivity index (χ2v) is 24.6. The molecule has 1 aliphatic carbocycles. The smallest absolute Gasteiger partial charge is 0.407 e. The predicted octanol–water partition coefficient (Wildman–Crippen LogP) is 7.00. The fraction of sp³-hybridized carbons (Fsp3) is 0.477. The van der Waals surface area contributed by atoms with E-state index in [2.05, 4.69) is 31.6 Å². The standard InChI is InChI=1S/C65H82N8O11/c1-39(2)33-50(58(76)69-52(35-42-36-66-49-28-18-17-23-43(42)49)61(79)73-32-20-30-54(73)62(80)84-65(7,8)9)68-60(78)56(40(3)83-64(4,5)6)71-59(77)53-29-19-31-72(53)55(74)37-67-57(75)51(34-41-21-11-10-12-22-41)70-63(81)82-38-48-46-26-15-13-24-44(46)45-25-14-16-27-47(45)48/h10-18,21-28,36,39-40,48,50-54,56,66H,19-20,29-35,37-38H2,1-9H3,(H,67,75)(H,68,78)(H,69,76)(H,70,81)(H,71,77)/t40-,50+,51+,52+,53+,54+,56+/m1/s1. The van der Waals surface area contributed by atoms with Crippen molar-refractivity contribution < 1.29 is 52.6 Å². The van der Waals surface area contributed by atoms with Gasteiger partial charge in [0.05, 0.1) is 18.2 Å². The lowest BCUT2D eigenvalue weighted by Crippen LogP contribution is -2.62. The summed E-state index contributed by atoms with van der Waals surface area (Å²) >= 11 is 0. The number of para-hydroxylation sites is 1. The van der Waals surface area contributed by atoms with Crippen LogP contribution < -0.4 is 26.6 Å². The first-order valence-corrected chi connectivity index (χ1v) is 29.3. The number of rotatable bonds is 22. The van der Waals surface area contributed by atoms with Crippen molar-refractivity contribution in [1.29, 1.82) is 0 Å². The van der Waals surface area contributed by atoms with Crippen molar-refractivity contribution in [2.45, 2.75) is 167 Å². The average molecular weight is 1150 g/mol. The summed E-state index contributed by atoms with van der Waals surface area (Å²) in [4.78, 5) is 120. The molecule has 0 saturated carbocycles. The molecule has 0 spiro atoms. The Morgan fingerprint density at radius 1 is 0.631 bits per heavy atom. The van der Waals surface area contributed by atoms with E-state index in [0.717, 1.165) is 44.3 Å². The number of carbonyl (C=O) groups excluding carboxylic acids is 8. The third-order valence-corrected chi connectivity index (χ3v) is 15.4. The Labute approximate surface area is 492 Å². The molecule has 3 aliphatic rings. The third kappa shape index (κ3) is 15.8. The summed E-state index contributed by atoms with van der Waals surface area (Å²) in [7, 11) is 0. The fourth-order valence-corrected chi connectivity index (χ4v) is 11.6. The van der Waals surface area contributed by atoms with E-state index in [1.54, 1.807) is 54.7 Å². The highest BCUT2D eigenvalue weighted by atomic mass is 16.6. The van der Waals surface area contributed by atoms with Gasteiger partial charge in [0.2, 0.25) is 35.4 Å². The lowest BCUT2D eigenvalue weighted by atomic mass is 9.98. The maximum absolute atomic E-state index is 14.8. The van der Waals surface area contributed by atoms with Crippen LogP contribution in [0, 0.1) is 5.92 Å². The van der Waals surface area contributed by atoms with Crippen LogP contribution >= 0.6 is 0 Å². The van der Waals surface area contributed by atoms with Crippen LogP contribution in [0.2, 0.25) is 0 Å². The molecule has 0 bridgehead atoms. The van der Waals surface area contributed by atoms with Crippen LogP contribution in [0.25, 0.3) is 22.0 Å². The van der Waals surface area contributed by atoms with E-state index >= 15 is 0 Å². The molecule has 7 amide bonds. The number of amides is 7. The molecule has 0 unspecified atom stereocenters. The van der Waals surface area contributed by atoms with Crippen LogP contribution in [-0.2, 0) is 60.6 Å². The molecule has 1 aromatic heterocycles. The summed E-state index contributed by atoms with van der Waals surface area (Å²) < 4.78 is 17.8. The minimum absolute atomic E-state index is 0.0306. The van der Waals surface area contributed by atoms with Crippen LogP contribution in [0.15, 0.2) is 109 Å². The molecule has 84 heavy (non-hydrogen) atoms. The number of fused-ring (bicyclic) bond motifs is 4. The van der Waals surface area contributed by atoms with Crippen LogP contribution in [0.1, 0.15) is 123 Å². The summed E-state index contributed by atoms with van der Waals surface area (Å²) in [5.74, 6) is -4.56. The van der Waals surface area contributed by atoms with Gasteiger partial charge in [0.25, 0.3) is 0 Å². The summed E-state index contributed by atoms with van der Waals surface area (Å²) in [5.41, 5.74) is 4.99. The normalized spacial score (nSPS) is 17.7. The minimum atomic E-state index is -1.37. The van der Waals surface area contributed by atoms with Gasteiger partial charge in [0.1, 0.15) is 48.5 Å². The van der Waals surface area contributed by atoms with Crippen molar-refractivity contribution >= 4 is 58.4 Å². The Bertz CT molecular complexity index is 3140. The molecule has 19 nitrogen and oxygen atoms in total. The first-order chi connectivity index (χ1) is 39.9. The van der Waals surface area contributed by atoms with Gasteiger partial charge in [-0.1, -0.05) is 111 Å². The zero-order valence-electron chi connectivity index (χ0n) is 49.8. The number of alkyl carbamates (subject to hydrolysis) is 1. The van der Waals surface area contributed by atoms with E-state index < -0.39 is 108 Å². The number of aromatic amines is 1. The van der Waals surface area contributed by atoms with E-state index in [0.29, 0.717) is 19.3 Å². The Morgan fingerprint density at radius 2 is 1.24 bits per heavy atom. The van der Waals surface area contributed by atoms with E-state index in [1.807, 2.05) is 117 Å². The van der Waals surface area contributed by atoms with Crippen LogP contribution in [0.5, 0.6) is 0 Å². The summed E-state index contributed by atoms with van der Waals surface area (Å²) in [6, 6.07) is 25.9.